The van der Waals surface area contributed by atoms with Gasteiger partial charge in [-0.3, -0.25) is 9.10 Å². The molecule has 118 valence electrons. The van der Waals surface area contributed by atoms with Gasteiger partial charge in [-0.15, -0.1) is 0 Å². The van der Waals surface area contributed by atoms with Gasteiger partial charge in [-0.2, -0.15) is 0 Å². The van der Waals surface area contributed by atoms with Gasteiger partial charge in [0, 0.05) is 13.1 Å². The molecule has 0 saturated carbocycles. The van der Waals surface area contributed by atoms with E-state index in [9.17, 15) is 13.2 Å². The minimum atomic E-state index is -3.51. The van der Waals surface area contributed by atoms with Crippen molar-refractivity contribution in [2.45, 2.75) is 6.92 Å². The Morgan fingerprint density at radius 1 is 1.29 bits per heavy atom. The third kappa shape index (κ3) is 6.14. The molecule has 21 heavy (non-hydrogen) atoms. The maximum atomic E-state index is 11.9. The van der Waals surface area contributed by atoms with Crippen molar-refractivity contribution in [1.82, 2.24) is 10.2 Å². The Morgan fingerprint density at radius 3 is 2.48 bits per heavy atom. The molecule has 0 spiro atoms. The van der Waals surface area contributed by atoms with Crippen molar-refractivity contribution in [2.75, 3.05) is 44.3 Å². The van der Waals surface area contributed by atoms with Crippen LogP contribution in [0.25, 0.3) is 0 Å². The number of carbonyl (C=O) groups is 1. The van der Waals surface area contributed by atoms with Crippen LogP contribution in [0.2, 0.25) is 0 Å². The number of hydrogen-bond acceptors (Lipinski definition) is 4. The molecule has 1 rings (SSSR count). The lowest BCUT2D eigenvalue weighted by Crippen LogP contribution is -2.42. The number of likely N-dealkylation sites (N-methyl/N-ethyl adjacent to an activating group) is 1. The van der Waals surface area contributed by atoms with Crippen molar-refractivity contribution < 1.29 is 13.2 Å². The van der Waals surface area contributed by atoms with Crippen LogP contribution < -0.4 is 9.62 Å². The van der Waals surface area contributed by atoms with Crippen LogP contribution >= 0.6 is 0 Å². The molecule has 6 nitrogen and oxygen atoms in total. The Balaban J connectivity index is 2.79. The lowest BCUT2D eigenvalue weighted by Gasteiger charge is -2.22. The summed E-state index contributed by atoms with van der Waals surface area (Å²) in [5, 5.41) is 2.71. The molecule has 0 aliphatic heterocycles. The van der Waals surface area contributed by atoms with Crippen molar-refractivity contribution in [2.24, 2.45) is 0 Å². The van der Waals surface area contributed by atoms with Gasteiger partial charge < -0.3 is 10.2 Å². The second-order valence-corrected chi connectivity index (χ2v) is 7.17. The zero-order valence-corrected chi connectivity index (χ0v) is 13.8. The molecule has 0 bridgehead atoms. The van der Waals surface area contributed by atoms with Crippen LogP contribution in [0.5, 0.6) is 0 Å². The number of rotatable bonds is 7. The van der Waals surface area contributed by atoms with E-state index < -0.39 is 10.0 Å². The summed E-state index contributed by atoms with van der Waals surface area (Å²) < 4.78 is 24.9. The molecule has 0 aliphatic carbocycles. The molecule has 0 saturated heterocycles. The molecule has 0 fully saturated rings. The summed E-state index contributed by atoms with van der Waals surface area (Å²) in [5.74, 6) is -0.316. The highest BCUT2D eigenvalue weighted by molar-refractivity contribution is 7.92. The van der Waals surface area contributed by atoms with Gasteiger partial charge in [-0.25, -0.2) is 8.42 Å². The molecule has 0 aliphatic rings. The average Bonchev–Trinajstić information content (AvgIpc) is 2.34. The monoisotopic (exact) mass is 313 g/mol. The third-order valence-electron chi connectivity index (χ3n) is 2.86. The zero-order valence-electron chi connectivity index (χ0n) is 13.0. The van der Waals surface area contributed by atoms with Gasteiger partial charge in [0.15, 0.2) is 0 Å². The molecule has 0 radical (unpaired) electrons. The molecule has 0 atom stereocenters. The summed E-state index contributed by atoms with van der Waals surface area (Å²) in [6.45, 7) is 2.85. The van der Waals surface area contributed by atoms with Crippen molar-refractivity contribution in [3.05, 3.63) is 29.8 Å². The Bertz CT molecular complexity index is 585. The average molecular weight is 313 g/mol. The van der Waals surface area contributed by atoms with Crippen LogP contribution in [-0.4, -0.2) is 59.2 Å². The first-order valence-electron chi connectivity index (χ1n) is 6.66. The molecule has 0 unspecified atom stereocenters. The summed E-state index contributed by atoms with van der Waals surface area (Å²) in [4.78, 5) is 13.8. The maximum absolute atomic E-state index is 11.9. The van der Waals surface area contributed by atoms with Crippen molar-refractivity contribution in [3.63, 3.8) is 0 Å². The Morgan fingerprint density at radius 2 is 1.95 bits per heavy atom. The van der Waals surface area contributed by atoms with Crippen LogP contribution in [0.1, 0.15) is 5.56 Å². The second kappa shape index (κ2) is 7.42. The van der Waals surface area contributed by atoms with Crippen LogP contribution in [0, 0.1) is 6.92 Å². The normalized spacial score (nSPS) is 11.5. The second-order valence-electron chi connectivity index (χ2n) is 5.26. The molecular formula is C14H23N3O3S. The lowest BCUT2D eigenvalue weighted by atomic mass is 10.2. The number of hydrogen-bond donors (Lipinski definition) is 1. The fourth-order valence-corrected chi connectivity index (χ4v) is 2.64. The largest absolute Gasteiger partial charge is 0.353 e. The van der Waals surface area contributed by atoms with E-state index in [4.69, 9.17) is 0 Å². The molecule has 1 aromatic carbocycles. The molecule has 7 heteroatoms. The Labute approximate surface area is 126 Å². The zero-order chi connectivity index (χ0) is 16.0. The van der Waals surface area contributed by atoms with E-state index in [1.165, 1.54) is 0 Å². The van der Waals surface area contributed by atoms with Crippen LogP contribution in [-0.2, 0) is 14.8 Å². The van der Waals surface area contributed by atoms with Crippen molar-refractivity contribution in [3.8, 4) is 0 Å². The summed E-state index contributed by atoms with van der Waals surface area (Å²) in [7, 11) is 0.300. The molecule has 0 heterocycles. The van der Waals surface area contributed by atoms with Gasteiger partial charge in [0.05, 0.1) is 11.9 Å². The van der Waals surface area contributed by atoms with Gasteiger partial charge in [-0.1, -0.05) is 12.1 Å². The number of anilines is 1. The fraction of sp³-hybridized carbons (Fsp3) is 0.500. The summed E-state index contributed by atoms with van der Waals surface area (Å²) in [6, 6.07) is 7.07. The van der Waals surface area contributed by atoms with E-state index in [0.717, 1.165) is 16.1 Å². The quantitative estimate of drug-likeness (QED) is 0.793. The number of nitrogens with zero attached hydrogens (tertiary/aromatic N) is 2. The molecule has 1 N–H and O–H groups in total. The highest BCUT2D eigenvalue weighted by Crippen LogP contribution is 2.18. The van der Waals surface area contributed by atoms with E-state index in [1.807, 2.05) is 32.0 Å². The number of carbonyl (C=O) groups excluding carboxylic acids is 1. The third-order valence-corrected chi connectivity index (χ3v) is 4.00. The number of amides is 1. The summed E-state index contributed by atoms with van der Waals surface area (Å²) in [5.41, 5.74) is 1.44. The first-order chi connectivity index (χ1) is 9.70. The standard InChI is InChI=1S/C14H23N3O3S/c1-12-6-5-7-13(10-12)17(21(4,19)20)11-14(18)15-8-9-16(2)3/h5-7,10H,8-9,11H2,1-4H3,(H,15,18). The number of aryl methyl sites for hydroxylation is 1. The smallest absolute Gasteiger partial charge is 0.240 e. The van der Waals surface area contributed by atoms with E-state index in [2.05, 4.69) is 5.32 Å². The Hall–Kier alpha value is -1.60. The van der Waals surface area contributed by atoms with Crippen molar-refractivity contribution in [1.29, 1.82) is 0 Å². The first-order valence-corrected chi connectivity index (χ1v) is 8.51. The fourth-order valence-electron chi connectivity index (χ4n) is 1.79. The molecular weight excluding hydrogens is 290 g/mol. The summed E-state index contributed by atoms with van der Waals surface area (Å²) in [6.07, 6.45) is 1.10. The SMILES string of the molecule is Cc1cccc(N(CC(=O)NCCN(C)C)S(C)(=O)=O)c1. The number of sulfonamides is 1. The highest BCUT2D eigenvalue weighted by Gasteiger charge is 2.20. The molecule has 0 aromatic heterocycles. The van der Waals surface area contributed by atoms with Crippen LogP contribution in [0.15, 0.2) is 24.3 Å². The van der Waals surface area contributed by atoms with Gasteiger partial charge >= 0.3 is 0 Å². The number of nitrogens with one attached hydrogen (secondary N) is 1. The molecule has 1 amide bonds. The predicted molar refractivity (Wildman–Crippen MR) is 84.9 cm³/mol. The number of benzene rings is 1. The minimum Gasteiger partial charge on any atom is -0.353 e. The summed E-state index contributed by atoms with van der Waals surface area (Å²) >= 11 is 0. The van der Waals surface area contributed by atoms with Crippen LogP contribution in [0.4, 0.5) is 5.69 Å². The van der Waals surface area contributed by atoms with Gasteiger partial charge in [0.25, 0.3) is 0 Å². The van der Waals surface area contributed by atoms with E-state index in [-0.39, 0.29) is 12.5 Å². The predicted octanol–water partition coefficient (Wildman–Crippen LogP) is 0.439. The first kappa shape index (κ1) is 17.5. The van der Waals surface area contributed by atoms with E-state index in [1.54, 1.807) is 18.2 Å². The van der Waals surface area contributed by atoms with Gasteiger partial charge in [0.1, 0.15) is 6.54 Å². The topological polar surface area (TPSA) is 69.7 Å². The van der Waals surface area contributed by atoms with Crippen LogP contribution in [0.3, 0.4) is 0 Å². The highest BCUT2D eigenvalue weighted by atomic mass is 32.2. The molecule has 1 aromatic rings. The van der Waals surface area contributed by atoms with E-state index >= 15 is 0 Å². The van der Waals surface area contributed by atoms with E-state index in [0.29, 0.717) is 18.8 Å². The van der Waals surface area contributed by atoms with Gasteiger partial charge in [0.2, 0.25) is 15.9 Å². The maximum Gasteiger partial charge on any atom is 0.240 e. The lowest BCUT2D eigenvalue weighted by molar-refractivity contribution is -0.119. The minimum absolute atomic E-state index is 0.213. The van der Waals surface area contributed by atoms with Gasteiger partial charge in [-0.05, 0) is 38.7 Å². The van der Waals surface area contributed by atoms with Crippen molar-refractivity contribution >= 4 is 21.6 Å². The Kier molecular flexibility index (Phi) is 6.17.